The standard InChI is InChI=1S/C15H23NO2/c1-3-4-10-18-15(17)12-16-13(2)11-14-8-6-5-7-9-14/h5-9,13,16H,3-4,10-12H2,1-2H3. The van der Waals surface area contributed by atoms with Gasteiger partial charge in [0.2, 0.25) is 0 Å². The Labute approximate surface area is 110 Å². The Balaban J connectivity index is 2.17. The molecule has 1 atom stereocenters. The molecule has 0 aliphatic carbocycles. The maximum absolute atomic E-state index is 11.4. The number of carbonyl (C=O) groups is 1. The number of carbonyl (C=O) groups excluding carboxylic acids is 1. The first-order chi connectivity index (χ1) is 8.72. The summed E-state index contributed by atoms with van der Waals surface area (Å²) in [4.78, 5) is 11.4. The molecule has 1 rings (SSSR count). The smallest absolute Gasteiger partial charge is 0.319 e. The van der Waals surface area contributed by atoms with Crippen molar-refractivity contribution in [3.63, 3.8) is 0 Å². The first-order valence-corrected chi connectivity index (χ1v) is 6.65. The van der Waals surface area contributed by atoms with Gasteiger partial charge in [0.15, 0.2) is 0 Å². The number of hydrogen-bond donors (Lipinski definition) is 1. The van der Waals surface area contributed by atoms with Gasteiger partial charge in [-0.05, 0) is 25.3 Å². The SMILES string of the molecule is CCCCOC(=O)CNC(C)Cc1ccccc1. The van der Waals surface area contributed by atoms with Gasteiger partial charge in [-0.1, -0.05) is 43.7 Å². The molecule has 0 radical (unpaired) electrons. The fourth-order valence-electron chi connectivity index (χ4n) is 1.68. The van der Waals surface area contributed by atoms with Crippen LogP contribution >= 0.6 is 0 Å². The van der Waals surface area contributed by atoms with Crippen LogP contribution in [0.4, 0.5) is 0 Å². The molecule has 3 nitrogen and oxygen atoms in total. The molecule has 0 heterocycles. The molecule has 0 saturated heterocycles. The van der Waals surface area contributed by atoms with Crippen LogP contribution in [0.2, 0.25) is 0 Å². The molecule has 0 saturated carbocycles. The number of ether oxygens (including phenoxy) is 1. The molecule has 0 fully saturated rings. The minimum Gasteiger partial charge on any atom is -0.465 e. The van der Waals surface area contributed by atoms with E-state index in [9.17, 15) is 4.79 Å². The van der Waals surface area contributed by atoms with Gasteiger partial charge in [-0.25, -0.2) is 0 Å². The molecular formula is C15H23NO2. The molecule has 0 aliphatic rings. The minimum absolute atomic E-state index is 0.164. The monoisotopic (exact) mass is 249 g/mol. The van der Waals surface area contributed by atoms with Crippen LogP contribution in [0.5, 0.6) is 0 Å². The van der Waals surface area contributed by atoms with Crippen molar-refractivity contribution in [2.75, 3.05) is 13.2 Å². The summed E-state index contributed by atoms with van der Waals surface area (Å²) in [6.45, 7) is 4.97. The van der Waals surface area contributed by atoms with Crippen LogP contribution in [0.15, 0.2) is 30.3 Å². The second-order valence-electron chi connectivity index (χ2n) is 4.55. The highest BCUT2D eigenvalue weighted by molar-refractivity contribution is 5.71. The van der Waals surface area contributed by atoms with E-state index in [4.69, 9.17) is 4.74 Å². The van der Waals surface area contributed by atoms with Crippen LogP contribution in [0.25, 0.3) is 0 Å². The summed E-state index contributed by atoms with van der Waals surface area (Å²) in [5, 5.41) is 3.18. The summed E-state index contributed by atoms with van der Waals surface area (Å²) in [6, 6.07) is 10.5. The summed E-state index contributed by atoms with van der Waals surface area (Å²) in [6.07, 6.45) is 2.90. The van der Waals surface area contributed by atoms with Gasteiger partial charge in [0, 0.05) is 6.04 Å². The Bertz CT molecular complexity index is 338. The van der Waals surface area contributed by atoms with E-state index in [1.54, 1.807) is 0 Å². The average molecular weight is 249 g/mol. The normalized spacial score (nSPS) is 12.1. The lowest BCUT2D eigenvalue weighted by molar-refractivity contribution is -0.142. The predicted molar refractivity (Wildman–Crippen MR) is 73.5 cm³/mol. The van der Waals surface area contributed by atoms with E-state index in [0.717, 1.165) is 19.3 Å². The molecule has 3 heteroatoms. The van der Waals surface area contributed by atoms with Crippen LogP contribution in [0.1, 0.15) is 32.3 Å². The molecule has 100 valence electrons. The van der Waals surface area contributed by atoms with E-state index in [1.165, 1.54) is 5.56 Å². The highest BCUT2D eigenvalue weighted by Gasteiger charge is 2.06. The molecule has 0 amide bonds. The van der Waals surface area contributed by atoms with E-state index >= 15 is 0 Å². The summed E-state index contributed by atoms with van der Waals surface area (Å²) < 4.78 is 5.08. The number of hydrogen-bond acceptors (Lipinski definition) is 3. The Morgan fingerprint density at radius 3 is 2.72 bits per heavy atom. The van der Waals surface area contributed by atoms with Gasteiger partial charge in [-0.15, -0.1) is 0 Å². The third-order valence-electron chi connectivity index (χ3n) is 2.74. The largest absolute Gasteiger partial charge is 0.465 e. The predicted octanol–water partition coefficient (Wildman–Crippen LogP) is 2.55. The van der Waals surface area contributed by atoms with Crippen LogP contribution < -0.4 is 5.32 Å². The van der Waals surface area contributed by atoms with E-state index in [1.807, 2.05) is 18.2 Å². The van der Waals surface area contributed by atoms with Gasteiger partial charge in [0.1, 0.15) is 0 Å². The van der Waals surface area contributed by atoms with E-state index < -0.39 is 0 Å². The maximum atomic E-state index is 11.4. The van der Waals surface area contributed by atoms with Gasteiger partial charge in [-0.3, -0.25) is 4.79 Å². The molecule has 0 aromatic heterocycles. The molecule has 1 N–H and O–H groups in total. The second-order valence-corrected chi connectivity index (χ2v) is 4.55. The van der Waals surface area contributed by atoms with Crippen LogP contribution in [0, 0.1) is 0 Å². The molecule has 1 unspecified atom stereocenters. The lowest BCUT2D eigenvalue weighted by Crippen LogP contribution is -2.33. The molecule has 0 aliphatic heterocycles. The zero-order chi connectivity index (χ0) is 13.2. The van der Waals surface area contributed by atoms with Gasteiger partial charge >= 0.3 is 5.97 Å². The summed E-state index contributed by atoms with van der Waals surface area (Å²) in [5.74, 6) is -0.164. The summed E-state index contributed by atoms with van der Waals surface area (Å²) in [7, 11) is 0. The van der Waals surface area contributed by atoms with E-state index in [2.05, 4.69) is 31.3 Å². The highest BCUT2D eigenvalue weighted by atomic mass is 16.5. The lowest BCUT2D eigenvalue weighted by Gasteiger charge is -2.13. The van der Waals surface area contributed by atoms with Gasteiger partial charge in [-0.2, -0.15) is 0 Å². The zero-order valence-corrected chi connectivity index (χ0v) is 11.3. The van der Waals surface area contributed by atoms with Crippen molar-refractivity contribution < 1.29 is 9.53 Å². The van der Waals surface area contributed by atoms with Gasteiger partial charge in [0.25, 0.3) is 0 Å². The van der Waals surface area contributed by atoms with Crippen molar-refractivity contribution in [1.29, 1.82) is 0 Å². The summed E-state index contributed by atoms with van der Waals surface area (Å²) in [5.41, 5.74) is 1.27. The Kier molecular flexibility index (Phi) is 7.11. The van der Waals surface area contributed by atoms with Crippen molar-refractivity contribution in [2.45, 2.75) is 39.2 Å². The molecule has 18 heavy (non-hydrogen) atoms. The molecule has 0 spiro atoms. The first kappa shape index (κ1) is 14.7. The quantitative estimate of drug-likeness (QED) is 0.568. The first-order valence-electron chi connectivity index (χ1n) is 6.65. The van der Waals surface area contributed by atoms with Gasteiger partial charge < -0.3 is 10.1 Å². The summed E-state index contributed by atoms with van der Waals surface area (Å²) >= 11 is 0. The van der Waals surface area contributed by atoms with Crippen LogP contribution in [-0.2, 0) is 16.0 Å². The third kappa shape index (κ3) is 6.40. The fourth-order valence-corrected chi connectivity index (χ4v) is 1.68. The van der Waals surface area contributed by atoms with Crippen LogP contribution in [0.3, 0.4) is 0 Å². The van der Waals surface area contributed by atoms with Crippen LogP contribution in [-0.4, -0.2) is 25.2 Å². The number of unbranched alkanes of at least 4 members (excludes halogenated alkanes) is 1. The Hall–Kier alpha value is -1.35. The van der Waals surface area contributed by atoms with Crippen molar-refractivity contribution in [1.82, 2.24) is 5.32 Å². The Morgan fingerprint density at radius 1 is 1.33 bits per heavy atom. The Morgan fingerprint density at radius 2 is 2.06 bits per heavy atom. The molecular weight excluding hydrogens is 226 g/mol. The highest BCUT2D eigenvalue weighted by Crippen LogP contribution is 2.02. The number of esters is 1. The zero-order valence-electron chi connectivity index (χ0n) is 11.3. The average Bonchev–Trinajstić information content (AvgIpc) is 2.38. The molecule has 1 aromatic rings. The van der Waals surface area contributed by atoms with Crippen molar-refractivity contribution >= 4 is 5.97 Å². The number of nitrogens with one attached hydrogen (secondary N) is 1. The molecule has 1 aromatic carbocycles. The fraction of sp³-hybridized carbons (Fsp3) is 0.533. The van der Waals surface area contributed by atoms with E-state index in [-0.39, 0.29) is 18.6 Å². The van der Waals surface area contributed by atoms with Crippen molar-refractivity contribution in [3.05, 3.63) is 35.9 Å². The third-order valence-corrected chi connectivity index (χ3v) is 2.74. The second kappa shape index (κ2) is 8.70. The maximum Gasteiger partial charge on any atom is 0.319 e. The number of benzene rings is 1. The van der Waals surface area contributed by atoms with Crippen molar-refractivity contribution in [3.8, 4) is 0 Å². The van der Waals surface area contributed by atoms with E-state index in [0.29, 0.717) is 6.61 Å². The van der Waals surface area contributed by atoms with Crippen molar-refractivity contribution in [2.24, 2.45) is 0 Å². The minimum atomic E-state index is -0.164. The lowest BCUT2D eigenvalue weighted by atomic mass is 10.1. The number of rotatable bonds is 8. The molecule has 0 bridgehead atoms. The topological polar surface area (TPSA) is 38.3 Å². The van der Waals surface area contributed by atoms with Gasteiger partial charge in [0.05, 0.1) is 13.2 Å².